The fraction of sp³-hybridized carbons (Fsp3) is 0.581. The SMILES string of the molecule is CC1CCCCC1NC(=O)NCCCc1nnc(C2CC2)n1-c1ccccc1.CC1CCCCC1NC(=O)NCCOc1nnc(C2CC2)n1-c1ccccc1. The van der Waals surface area contributed by atoms with Crippen molar-refractivity contribution in [3.05, 3.63) is 78.1 Å². The zero-order chi connectivity index (χ0) is 38.7. The van der Waals surface area contributed by atoms with Gasteiger partial charge < -0.3 is 26.0 Å². The summed E-state index contributed by atoms with van der Waals surface area (Å²) in [6.45, 7) is 5.86. The van der Waals surface area contributed by atoms with Gasteiger partial charge in [0.25, 0.3) is 0 Å². The Bertz CT molecular complexity index is 1700. The number of rotatable bonds is 14. The monoisotopic (exact) mass is 764 g/mol. The van der Waals surface area contributed by atoms with Crippen molar-refractivity contribution >= 4 is 12.1 Å². The van der Waals surface area contributed by atoms with Gasteiger partial charge in [-0.2, -0.15) is 0 Å². The maximum absolute atomic E-state index is 12.2. The van der Waals surface area contributed by atoms with Crippen LogP contribution in [0.4, 0.5) is 9.59 Å². The summed E-state index contributed by atoms with van der Waals surface area (Å²) in [5.74, 6) is 5.15. The molecule has 2 aromatic heterocycles. The van der Waals surface area contributed by atoms with Crippen LogP contribution >= 0.6 is 0 Å². The van der Waals surface area contributed by atoms with Gasteiger partial charge in [-0.15, -0.1) is 15.3 Å². The molecule has 4 N–H and O–H groups in total. The quantitative estimate of drug-likeness (QED) is 0.0980. The number of hydrogen-bond donors (Lipinski definition) is 4. The van der Waals surface area contributed by atoms with Crippen LogP contribution in [0.2, 0.25) is 0 Å². The zero-order valence-corrected chi connectivity index (χ0v) is 33.2. The van der Waals surface area contributed by atoms with E-state index in [1.54, 1.807) is 0 Å². The van der Waals surface area contributed by atoms with Crippen molar-refractivity contribution in [2.75, 3.05) is 19.7 Å². The Kier molecular flexibility index (Phi) is 13.5. The van der Waals surface area contributed by atoms with Gasteiger partial charge in [-0.1, -0.05) is 81.0 Å². The summed E-state index contributed by atoms with van der Waals surface area (Å²) in [5.41, 5.74) is 2.13. The lowest BCUT2D eigenvalue weighted by atomic mass is 9.86. The number of hydrogen-bond acceptors (Lipinski definition) is 7. The van der Waals surface area contributed by atoms with Crippen molar-refractivity contribution in [2.45, 2.75) is 128 Å². The molecule has 0 radical (unpaired) electrons. The van der Waals surface area contributed by atoms with E-state index in [0.29, 0.717) is 55.4 Å². The number of amides is 4. The Morgan fingerprint density at radius 1 is 0.625 bits per heavy atom. The van der Waals surface area contributed by atoms with Crippen molar-refractivity contribution in [1.29, 1.82) is 0 Å². The predicted molar refractivity (Wildman–Crippen MR) is 216 cm³/mol. The molecular formula is C43H60N10O3. The number of carbonyl (C=O) groups excluding carboxylic acids is 2. The van der Waals surface area contributed by atoms with Gasteiger partial charge in [0, 0.05) is 42.6 Å². The number of para-hydroxylation sites is 2. The molecule has 4 aliphatic rings. The summed E-state index contributed by atoms with van der Waals surface area (Å²) >= 11 is 0. The number of ether oxygens (including phenoxy) is 1. The lowest BCUT2D eigenvalue weighted by Gasteiger charge is -2.29. The molecule has 4 fully saturated rings. The number of aryl methyl sites for hydroxylation is 1. The highest BCUT2D eigenvalue weighted by Crippen LogP contribution is 2.41. The van der Waals surface area contributed by atoms with Gasteiger partial charge in [0.2, 0.25) is 0 Å². The highest BCUT2D eigenvalue weighted by molar-refractivity contribution is 5.74. The number of nitrogens with zero attached hydrogens (tertiary/aromatic N) is 6. The fourth-order valence-corrected chi connectivity index (χ4v) is 8.01. The smallest absolute Gasteiger partial charge is 0.321 e. The molecule has 13 nitrogen and oxygen atoms in total. The van der Waals surface area contributed by atoms with Gasteiger partial charge in [-0.3, -0.25) is 4.57 Å². The Morgan fingerprint density at radius 3 is 1.68 bits per heavy atom. The van der Waals surface area contributed by atoms with Crippen LogP contribution < -0.4 is 26.0 Å². The number of aromatic nitrogens is 6. The van der Waals surface area contributed by atoms with E-state index in [1.807, 2.05) is 53.1 Å². The van der Waals surface area contributed by atoms with E-state index in [0.717, 1.165) is 67.4 Å². The van der Waals surface area contributed by atoms with E-state index < -0.39 is 0 Å². The average molecular weight is 765 g/mol. The van der Waals surface area contributed by atoms with Crippen LogP contribution in [0.25, 0.3) is 11.4 Å². The van der Waals surface area contributed by atoms with E-state index in [9.17, 15) is 9.59 Å². The summed E-state index contributed by atoms with van der Waals surface area (Å²) in [6.07, 6.45) is 15.9. The van der Waals surface area contributed by atoms with E-state index >= 15 is 0 Å². The molecule has 300 valence electrons. The maximum Gasteiger partial charge on any atom is 0.321 e. The third kappa shape index (κ3) is 10.7. The fourth-order valence-electron chi connectivity index (χ4n) is 8.01. The van der Waals surface area contributed by atoms with Crippen LogP contribution in [0.1, 0.15) is 127 Å². The molecule has 4 saturated carbocycles. The average Bonchev–Trinajstić information content (AvgIpc) is 4.17. The normalized spacial score (nSPS) is 22.0. The van der Waals surface area contributed by atoms with Crippen LogP contribution in [0.3, 0.4) is 0 Å². The topological polar surface area (TPSA) is 153 Å². The molecule has 2 aromatic carbocycles. The van der Waals surface area contributed by atoms with Crippen molar-refractivity contribution < 1.29 is 14.3 Å². The van der Waals surface area contributed by atoms with Crippen LogP contribution in [-0.4, -0.2) is 73.4 Å². The number of urea groups is 2. The minimum Gasteiger partial charge on any atom is -0.461 e. The minimum absolute atomic E-state index is 0.0399. The summed E-state index contributed by atoms with van der Waals surface area (Å²) in [5, 5.41) is 29.7. The standard InChI is InChI=1S/C22H31N5O.C21H29N5O2/c1-16-8-5-6-11-19(16)24-22(28)23-15-7-12-20-25-26-21(17-13-14-17)27(20)18-9-3-2-4-10-18;1-15-7-5-6-10-18(15)23-20(27)22-13-14-28-21-25-24-19(16-11-12-16)26(21)17-8-3-2-4-9-17/h2-4,9-10,16-17,19H,5-8,11-15H2,1H3,(H2,23,24,28);2-4,8-9,15-16,18H,5-7,10-14H2,1H3,(H2,22,23,27). The molecule has 13 heteroatoms. The molecule has 4 amide bonds. The second-order valence-electron chi connectivity index (χ2n) is 16.2. The minimum atomic E-state index is -0.120. The van der Waals surface area contributed by atoms with E-state index in [-0.39, 0.29) is 18.1 Å². The second-order valence-corrected chi connectivity index (χ2v) is 16.2. The van der Waals surface area contributed by atoms with Crippen LogP contribution in [0, 0.1) is 11.8 Å². The van der Waals surface area contributed by atoms with Crippen LogP contribution in [0.15, 0.2) is 60.7 Å². The van der Waals surface area contributed by atoms with E-state index in [1.165, 1.54) is 51.4 Å². The van der Waals surface area contributed by atoms with Crippen molar-refractivity contribution in [1.82, 2.24) is 50.8 Å². The first kappa shape index (κ1) is 39.3. The Balaban J connectivity index is 0.000000172. The number of nitrogens with one attached hydrogen (secondary N) is 4. The van der Waals surface area contributed by atoms with Gasteiger partial charge in [-0.25, -0.2) is 14.2 Å². The summed E-state index contributed by atoms with van der Waals surface area (Å²) in [4.78, 5) is 24.4. The number of benzene rings is 2. The molecular weight excluding hydrogens is 705 g/mol. The van der Waals surface area contributed by atoms with Gasteiger partial charge in [-0.05, 0) is 93.9 Å². The molecule has 4 unspecified atom stereocenters. The molecule has 4 aliphatic carbocycles. The first-order valence-electron chi connectivity index (χ1n) is 21.2. The first-order valence-corrected chi connectivity index (χ1v) is 21.2. The van der Waals surface area contributed by atoms with Crippen molar-refractivity contribution in [2.24, 2.45) is 11.8 Å². The largest absolute Gasteiger partial charge is 0.461 e. The zero-order valence-electron chi connectivity index (χ0n) is 33.2. The maximum atomic E-state index is 12.2. The Morgan fingerprint density at radius 2 is 1.12 bits per heavy atom. The first-order chi connectivity index (χ1) is 27.4. The van der Waals surface area contributed by atoms with Crippen LogP contribution in [0.5, 0.6) is 6.01 Å². The lowest BCUT2D eigenvalue weighted by Crippen LogP contribution is -2.46. The molecule has 0 spiro atoms. The van der Waals surface area contributed by atoms with E-state index in [2.05, 4.69) is 72.2 Å². The van der Waals surface area contributed by atoms with Gasteiger partial charge in [0.1, 0.15) is 24.1 Å². The molecule has 4 aromatic rings. The molecule has 56 heavy (non-hydrogen) atoms. The van der Waals surface area contributed by atoms with Gasteiger partial charge >= 0.3 is 18.1 Å². The summed E-state index contributed by atoms with van der Waals surface area (Å²) in [6, 6.07) is 21.3. The highest BCUT2D eigenvalue weighted by Gasteiger charge is 2.32. The Hall–Kier alpha value is -4.94. The predicted octanol–water partition coefficient (Wildman–Crippen LogP) is 7.36. The van der Waals surface area contributed by atoms with Gasteiger partial charge in [0.05, 0.1) is 12.2 Å². The van der Waals surface area contributed by atoms with E-state index in [4.69, 9.17) is 4.74 Å². The molecule has 8 rings (SSSR count). The summed E-state index contributed by atoms with van der Waals surface area (Å²) in [7, 11) is 0. The highest BCUT2D eigenvalue weighted by atomic mass is 16.5. The molecule has 0 bridgehead atoms. The van der Waals surface area contributed by atoms with Crippen molar-refractivity contribution in [3.8, 4) is 17.4 Å². The number of carbonyl (C=O) groups is 2. The van der Waals surface area contributed by atoms with Crippen molar-refractivity contribution in [3.63, 3.8) is 0 Å². The molecule has 0 saturated heterocycles. The third-order valence-electron chi connectivity index (χ3n) is 11.7. The molecule has 2 heterocycles. The molecule has 4 atom stereocenters. The second kappa shape index (κ2) is 19.3. The lowest BCUT2D eigenvalue weighted by molar-refractivity contribution is 0.217. The van der Waals surface area contributed by atoms with Gasteiger partial charge in [0.15, 0.2) is 0 Å². The third-order valence-corrected chi connectivity index (χ3v) is 11.7. The Labute approximate surface area is 331 Å². The summed E-state index contributed by atoms with van der Waals surface area (Å²) < 4.78 is 10.1. The molecule has 0 aliphatic heterocycles. The van der Waals surface area contributed by atoms with Crippen LogP contribution in [-0.2, 0) is 6.42 Å².